The second-order valence-electron chi connectivity index (χ2n) is 4.59. The Morgan fingerprint density at radius 1 is 1.10 bits per heavy atom. The summed E-state index contributed by atoms with van der Waals surface area (Å²) in [4.78, 5) is 11.2. The molecule has 3 aromatic rings. The number of para-hydroxylation sites is 2. The smallest absolute Gasteiger partial charge is 0.235 e. The largest absolute Gasteiger partial charge is 0.323 e. The minimum atomic E-state index is -3.46. The van der Waals surface area contributed by atoms with Gasteiger partial charge in [0.15, 0.2) is 0 Å². The highest BCUT2D eigenvalue weighted by atomic mass is 32.2. The van der Waals surface area contributed by atoms with Crippen molar-refractivity contribution in [2.75, 3.05) is 10.5 Å². The summed E-state index contributed by atoms with van der Waals surface area (Å²) in [6.07, 6.45) is 2.00. The van der Waals surface area contributed by atoms with Gasteiger partial charge in [0, 0.05) is 18.3 Å². The van der Waals surface area contributed by atoms with Crippen LogP contribution in [0.25, 0.3) is 11.0 Å². The molecule has 1 aromatic carbocycles. The number of aryl methyl sites for hydroxylation is 1. The molecule has 0 saturated heterocycles. The number of aromatic amines is 1. The third-order valence-corrected chi connectivity index (χ3v) is 4.24. The maximum absolute atomic E-state index is 12.1. The van der Waals surface area contributed by atoms with Gasteiger partial charge >= 0.3 is 0 Å². The summed E-state index contributed by atoms with van der Waals surface area (Å²) in [6, 6.07) is 12.8. The van der Waals surface area contributed by atoms with Crippen LogP contribution in [0.5, 0.6) is 0 Å². The lowest BCUT2D eigenvalue weighted by Gasteiger charge is -2.04. The Balaban J connectivity index is 1.70. The predicted octanol–water partition coefficient (Wildman–Crippen LogP) is 1.94. The maximum Gasteiger partial charge on any atom is 0.235 e. The summed E-state index contributed by atoms with van der Waals surface area (Å²) >= 11 is 0. The number of imidazole rings is 1. The number of H-pyrrole nitrogens is 1. The standard InChI is InChI=1S/C14H14N4O2S/c19-21(20,10-8-11-5-3-4-9-15-11)18-14-16-12-6-1-2-7-13(12)17-14/h1-7,9H,8,10H2,(H2,16,17,18). The van der Waals surface area contributed by atoms with Crippen molar-refractivity contribution in [1.29, 1.82) is 0 Å². The topological polar surface area (TPSA) is 87.7 Å². The number of pyridine rings is 1. The van der Waals surface area contributed by atoms with Gasteiger partial charge in [0.05, 0.1) is 16.8 Å². The average molecular weight is 302 g/mol. The van der Waals surface area contributed by atoms with Gasteiger partial charge in [0.2, 0.25) is 16.0 Å². The van der Waals surface area contributed by atoms with E-state index in [2.05, 4.69) is 19.7 Å². The summed E-state index contributed by atoms with van der Waals surface area (Å²) in [5.41, 5.74) is 2.26. The zero-order valence-corrected chi connectivity index (χ0v) is 12.0. The molecule has 0 unspecified atom stereocenters. The molecule has 3 rings (SSSR count). The van der Waals surface area contributed by atoms with Gasteiger partial charge in [0.1, 0.15) is 0 Å². The van der Waals surface area contributed by atoms with E-state index < -0.39 is 10.0 Å². The van der Waals surface area contributed by atoms with Crippen LogP contribution in [0.2, 0.25) is 0 Å². The van der Waals surface area contributed by atoms with E-state index >= 15 is 0 Å². The average Bonchev–Trinajstić information content (AvgIpc) is 2.87. The molecule has 0 aliphatic rings. The fraction of sp³-hybridized carbons (Fsp3) is 0.143. The van der Waals surface area contributed by atoms with Crippen molar-refractivity contribution in [2.24, 2.45) is 0 Å². The van der Waals surface area contributed by atoms with Crippen LogP contribution in [-0.4, -0.2) is 29.1 Å². The van der Waals surface area contributed by atoms with Crippen LogP contribution in [-0.2, 0) is 16.4 Å². The zero-order chi connectivity index (χ0) is 14.7. The minimum Gasteiger partial charge on any atom is -0.323 e. The van der Waals surface area contributed by atoms with Crippen LogP contribution in [0.1, 0.15) is 5.69 Å². The van der Waals surface area contributed by atoms with Crippen LogP contribution in [0.4, 0.5) is 5.95 Å². The molecular weight excluding hydrogens is 288 g/mol. The Bertz CT molecular complexity index is 811. The van der Waals surface area contributed by atoms with Crippen LogP contribution in [0, 0.1) is 0 Å². The first kappa shape index (κ1) is 13.6. The molecule has 0 saturated carbocycles. The molecule has 7 heteroatoms. The molecule has 0 atom stereocenters. The van der Waals surface area contributed by atoms with Crippen molar-refractivity contribution >= 4 is 27.0 Å². The number of nitrogens with zero attached hydrogens (tertiary/aromatic N) is 2. The molecule has 108 valence electrons. The van der Waals surface area contributed by atoms with E-state index in [-0.39, 0.29) is 11.7 Å². The molecule has 0 spiro atoms. The van der Waals surface area contributed by atoms with Gasteiger partial charge in [-0.2, -0.15) is 0 Å². The molecule has 0 amide bonds. The number of anilines is 1. The molecule has 0 fully saturated rings. The predicted molar refractivity (Wildman–Crippen MR) is 81.4 cm³/mol. The highest BCUT2D eigenvalue weighted by Crippen LogP contribution is 2.14. The van der Waals surface area contributed by atoms with Crippen molar-refractivity contribution in [3.8, 4) is 0 Å². The number of nitrogens with one attached hydrogen (secondary N) is 2. The van der Waals surface area contributed by atoms with E-state index in [9.17, 15) is 8.42 Å². The van der Waals surface area contributed by atoms with E-state index in [0.717, 1.165) is 16.7 Å². The normalized spacial score (nSPS) is 11.6. The highest BCUT2D eigenvalue weighted by Gasteiger charge is 2.13. The van der Waals surface area contributed by atoms with Gasteiger partial charge in [-0.3, -0.25) is 9.71 Å². The van der Waals surface area contributed by atoms with Gasteiger partial charge < -0.3 is 4.98 Å². The molecule has 2 N–H and O–H groups in total. The molecule has 2 heterocycles. The summed E-state index contributed by atoms with van der Waals surface area (Å²) in [6.45, 7) is 0. The van der Waals surface area contributed by atoms with E-state index in [1.54, 1.807) is 18.3 Å². The van der Waals surface area contributed by atoms with Gasteiger partial charge in [-0.1, -0.05) is 18.2 Å². The van der Waals surface area contributed by atoms with Crippen LogP contribution >= 0.6 is 0 Å². The number of hydrogen-bond acceptors (Lipinski definition) is 4. The fourth-order valence-corrected chi connectivity index (χ4v) is 2.96. The number of aromatic nitrogens is 3. The van der Waals surface area contributed by atoms with Gasteiger partial charge in [-0.05, 0) is 24.3 Å². The molecule has 2 aromatic heterocycles. The Labute approximate surface area is 122 Å². The Hall–Kier alpha value is -2.41. The first-order valence-corrected chi connectivity index (χ1v) is 8.13. The SMILES string of the molecule is O=S(=O)(CCc1ccccn1)Nc1nc2ccccc2[nH]1. The monoisotopic (exact) mass is 302 g/mol. The van der Waals surface area contributed by atoms with Gasteiger partial charge in [0.25, 0.3) is 0 Å². The number of hydrogen-bond donors (Lipinski definition) is 2. The lowest BCUT2D eigenvalue weighted by molar-refractivity contribution is 0.600. The van der Waals surface area contributed by atoms with Crippen LogP contribution < -0.4 is 4.72 Å². The van der Waals surface area contributed by atoms with Crippen molar-refractivity contribution in [3.63, 3.8) is 0 Å². The third kappa shape index (κ3) is 3.38. The van der Waals surface area contributed by atoms with Gasteiger partial charge in [-0.25, -0.2) is 13.4 Å². The second kappa shape index (κ2) is 5.53. The Morgan fingerprint density at radius 3 is 2.67 bits per heavy atom. The number of benzene rings is 1. The molecule has 0 bridgehead atoms. The van der Waals surface area contributed by atoms with E-state index in [4.69, 9.17) is 0 Å². The first-order valence-electron chi connectivity index (χ1n) is 6.47. The lowest BCUT2D eigenvalue weighted by atomic mass is 10.3. The van der Waals surface area contributed by atoms with E-state index in [1.165, 1.54) is 0 Å². The summed E-state index contributed by atoms with van der Waals surface area (Å²) < 4.78 is 26.6. The minimum absolute atomic E-state index is 0.0406. The van der Waals surface area contributed by atoms with Crippen LogP contribution in [0.3, 0.4) is 0 Å². The summed E-state index contributed by atoms with van der Waals surface area (Å²) in [5, 5.41) is 0. The van der Waals surface area contributed by atoms with Crippen molar-refractivity contribution < 1.29 is 8.42 Å². The van der Waals surface area contributed by atoms with E-state index in [0.29, 0.717) is 6.42 Å². The summed E-state index contributed by atoms with van der Waals surface area (Å²) in [5.74, 6) is 0.193. The highest BCUT2D eigenvalue weighted by molar-refractivity contribution is 7.92. The molecular formula is C14H14N4O2S. The third-order valence-electron chi connectivity index (χ3n) is 2.99. The number of fused-ring (bicyclic) bond motifs is 1. The van der Waals surface area contributed by atoms with Crippen LogP contribution in [0.15, 0.2) is 48.7 Å². The molecule has 0 aliphatic carbocycles. The fourth-order valence-electron chi connectivity index (χ4n) is 1.98. The van der Waals surface area contributed by atoms with E-state index in [1.807, 2.05) is 30.3 Å². The number of rotatable bonds is 5. The molecule has 0 aliphatic heterocycles. The maximum atomic E-state index is 12.1. The van der Waals surface area contributed by atoms with Gasteiger partial charge in [-0.15, -0.1) is 0 Å². The van der Waals surface area contributed by atoms with Crippen molar-refractivity contribution in [3.05, 3.63) is 54.4 Å². The number of sulfonamides is 1. The Kier molecular flexibility index (Phi) is 3.57. The lowest BCUT2D eigenvalue weighted by Crippen LogP contribution is -2.19. The van der Waals surface area contributed by atoms with Crippen molar-refractivity contribution in [1.82, 2.24) is 15.0 Å². The molecule has 0 radical (unpaired) electrons. The first-order chi connectivity index (χ1) is 10.1. The quantitative estimate of drug-likeness (QED) is 0.754. The molecule has 21 heavy (non-hydrogen) atoms. The second-order valence-corrected chi connectivity index (χ2v) is 6.44. The Morgan fingerprint density at radius 2 is 1.90 bits per heavy atom. The van der Waals surface area contributed by atoms with Crippen molar-refractivity contribution in [2.45, 2.75) is 6.42 Å². The zero-order valence-electron chi connectivity index (χ0n) is 11.2. The molecule has 6 nitrogen and oxygen atoms in total. The summed E-state index contributed by atoms with van der Waals surface area (Å²) in [7, 11) is -3.46.